The van der Waals surface area contributed by atoms with Gasteiger partial charge in [-0.3, -0.25) is 19.4 Å². The summed E-state index contributed by atoms with van der Waals surface area (Å²) in [4.78, 5) is 34.3. The molecule has 146 valence electrons. The van der Waals surface area contributed by atoms with E-state index >= 15 is 0 Å². The third kappa shape index (κ3) is 7.63. The van der Waals surface area contributed by atoms with E-state index in [1.807, 2.05) is 6.07 Å². The minimum absolute atomic E-state index is 0.0469. The van der Waals surface area contributed by atoms with Gasteiger partial charge in [-0.2, -0.15) is 5.10 Å². The van der Waals surface area contributed by atoms with Crippen LogP contribution in [0.15, 0.2) is 23.3 Å². The van der Waals surface area contributed by atoms with Crippen LogP contribution in [0.3, 0.4) is 0 Å². The van der Waals surface area contributed by atoms with Gasteiger partial charge in [0.25, 0.3) is 0 Å². The lowest BCUT2D eigenvalue weighted by molar-refractivity contribution is -0.123. The summed E-state index contributed by atoms with van der Waals surface area (Å²) in [5, 5.41) is 12.5. The number of amidine groups is 1. The van der Waals surface area contributed by atoms with E-state index in [1.54, 1.807) is 39.7 Å². The summed E-state index contributed by atoms with van der Waals surface area (Å²) < 4.78 is -0.0469. The Hall–Kier alpha value is -1.39. The molecule has 0 bridgehead atoms. The van der Waals surface area contributed by atoms with Crippen molar-refractivity contribution < 1.29 is 14.4 Å². The fourth-order valence-corrected chi connectivity index (χ4v) is 2.94. The number of hydrogen-bond acceptors (Lipinski definition) is 5. The minimum Gasteiger partial charge on any atom is -0.356 e. The highest BCUT2D eigenvalue weighted by Crippen LogP contribution is 2.28. The molecule has 1 aliphatic rings. The maximum absolute atomic E-state index is 12.0. The summed E-state index contributed by atoms with van der Waals surface area (Å²) in [7, 11) is 0. The number of anilines is 1. The molecule has 0 saturated carbocycles. The summed E-state index contributed by atoms with van der Waals surface area (Å²) in [5.41, 5.74) is 0.807. The molecule has 10 heteroatoms. The van der Waals surface area contributed by atoms with Gasteiger partial charge in [-0.15, -0.1) is 0 Å². The average Bonchev–Trinajstić information content (AvgIpc) is 3.07. The summed E-state index contributed by atoms with van der Waals surface area (Å²) in [6.45, 7) is 1.03. The lowest BCUT2D eigenvalue weighted by Crippen LogP contribution is -2.30. The lowest BCUT2D eigenvalue weighted by Gasteiger charge is -2.13. The van der Waals surface area contributed by atoms with Gasteiger partial charge in [-0.25, -0.2) is 0 Å². The van der Waals surface area contributed by atoms with Crippen LogP contribution in [0.4, 0.5) is 5.69 Å². The zero-order valence-corrected chi connectivity index (χ0v) is 18.1. The number of amides is 2. The molecule has 0 saturated heterocycles. The predicted molar refractivity (Wildman–Crippen MR) is 115 cm³/mol. The second-order valence-electron chi connectivity index (χ2n) is 5.88. The van der Waals surface area contributed by atoms with Gasteiger partial charge < -0.3 is 10.6 Å². The standard InChI is InChI=1S/C17H19Cl2IN4O3/c18-12-4-3-11(10-13(12)19)24-9-7-15(23-24)22-17(27)2-1-8-21-16(26)6-5-14(20)25/h3-4,10H,1-2,5-9H2,(H,21,26)(H,22,23,27). The molecule has 27 heavy (non-hydrogen) atoms. The summed E-state index contributed by atoms with van der Waals surface area (Å²) >= 11 is 13.6. The van der Waals surface area contributed by atoms with Crippen molar-refractivity contribution in [3.8, 4) is 0 Å². The van der Waals surface area contributed by atoms with E-state index in [1.165, 1.54) is 0 Å². The molecule has 0 spiro atoms. The van der Waals surface area contributed by atoms with Crippen LogP contribution < -0.4 is 15.6 Å². The second-order valence-corrected chi connectivity index (χ2v) is 7.89. The number of halogens is 3. The van der Waals surface area contributed by atoms with E-state index in [0.717, 1.165) is 5.69 Å². The Morgan fingerprint density at radius 3 is 2.59 bits per heavy atom. The van der Waals surface area contributed by atoms with Gasteiger partial charge in [0, 0.05) is 38.8 Å². The van der Waals surface area contributed by atoms with E-state index in [2.05, 4.69) is 15.7 Å². The fourth-order valence-electron chi connectivity index (χ4n) is 2.38. The second kappa shape index (κ2) is 10.8. The van der Waals surface area contributed by atoms with Gasteiger partial charge in [0.15, 0.2) is 3.79 Å². The van der Waals surface area contributed by atoms with Crippen molar-refractivity contribution in [2.75, 3.05) is 18.1 Å². The molecule has 1 aliphatic heterocycles. The van der Waals surface area contributed by atoms with Crippen LogP contribution in [-0.2, 0) is 14.4 Å². The molecule has 0 aliphatic carbocycles. The van der Waals surface area contributed by atoms with Crippen molar-refractivity contribution in [1.29, 1.82) is 0 Å². The third-order valence-electron chi connectivity index (χ3n) is 3.74. The Balaban J connectivity index is 1.70. The summed E-state index contributed by atoms with van der Waals surface area (Å²) in [6.07, 6.45) is 1.81. The van der Waals surface area contributed by atoms with Crippen molar-refractivity contribution in [1.82, 2.24) is 10.6 Å². The van der Waals surface area contributed by atoms with Crippen molar-refractivity contribution in [3.05, 3.63) is 28.2 Å². The molecular formula is C17H19Cl2IN4O3. The number of hydrazone groups is 1. The highest BCUT2D eigenvalue weighted by molar-refractivity contribution is 14.1. The first-order valence-electron chi connectivity index (χ1n) is 8.40. The van der Waals surface area contributed by atoms with Crippen LogP contribution in [-0.4, -0.2) is 34.5 Å². The van der Waals surface area contributed by atoms with E-state index in [0.29, 0.717) is 41.8 Å². The van der Waals surface area contributed by atoms with Gasteiger partial charge in [0.1, 0.15) is 5.84 Å². The quantitative estimate of drug-likeness (QED) is 0.310. The fraction of sp³-hybridized carbons (Fsp3) is 0.412. The van der Waals surface area contributed by atoms with Crippen LogP contribution in [0.25, 0.3) is 0 Å². The minimum atomic E-state index is -0.183. The highest BCUT2D eigenvalue weighted by atomic mass is 127. The molecule has 1 aromatic rings. The van der Waals surface area contributed by atoms with Crippen molar-refractivity contribution in [2.45, 2.75) is 32.1 Å². The number of carbonyl (C=O) groups is 3. The first kappa shape index (κ1) is 21.9. The maximum atomic E-state index is 12.0. The number of hydrogen-bond donors (Lipinski definition) is 2. The molecular weight excluding hydrogens is 506 g/mol. The summed E-state index contributed by atoms with van der Waals surface area (Å²) in [6, 6.07) is 5.25. The van der Waals surface area contributed by atoms with E-state index in [4.69, 9.17) is 23.2 Å². The Morgan fingerprint density at radius 1 is 1.11 bits per heavy atom. The molecule has 0 fully saturated rings. The number of rotatable bonds is 8. The molecule has 2 N–H and O–H groups in total. The monoisotopic (exact) mass is 524 g/mol. The van der Waals surface area contributed by atoms with E-state index in [9.17, 15) is 14.4 Å². The number of nitrogens with one attached hydrogen (secondary N) is 2. The zero-order valence-electron chi connectivity index (χ0n) is 14.4. The lowest BCUT2D eigenvalue weighted by atomic mass is 10.2. The molecule has 2 rings (SSSR count). The normalized spacial score (nSPS) is 13.3. The largest absolute Gasteiger partial charge is 0.356 e. The molecule has 0 unspecified atom stereocenters. The average molecular weight is 525 g/mol. The Labute approximate surface area is 181 Å². The summed E-state index contributed by atoms with van der Waals surface area (Å²) in [5.74, 6) is 0.259. The van der Waals surface area contributed by atoms with Crippen molar-refractivity contribution >= 4 is 72.9 Å². The molecule has 0 aromatic heterocycles. The van der Waals surface area contributed by atoms with E-state index in [-0.39, 0.29) is 34.9 Å². The highest BCUT2D eigenvalue weighted by Gasteiger charge is 2.18. The molecule has 7 nitrogen and oxygen atoms in total. The van der Waals surface area contributed by atoms with Gasteiger partial charge in [0.2, 0.25) is 11.8 Å². The molecule has 1 heterocycles. The first-order valence-corrected chi connectivity index (χ1v) is 10.2. The van der Waals surface area contributed by atoms with Gasteiger partial charge in [0.05, 0.1) is 15.7 Å². The van der Waals surface area contributed by atoms with E-state index < -0.39 is 0 Å². The van der Waals surface area contributed by atoms with Crippen molar-refractivity contribution in [2.24, 2.45) is 5.10 Å². The van der Waals surface area contributed by atoms with Crippen LogP contribution in [0.1, 0.15) is 32.1 Å². The van der Waals surface area contributed by atoms with Crippen LogP contribution >= 0.6 is 45.8 Å². The van der Waals surface area contributed by atoms with Gasteiger partial charge in [-0.05, 0) is 47.2 Å². The molecule has 0 radical (unpaired) electrons. The Kier molecular flexibility index (Phi) is 8.78. The number of benzene rings is 1. The van der Waals surface area contributed by atoms with Crippen LogP contribution in [0, 0.1) is 0 Å². The predicted octanol–water partition coefficient (Wildman–Crippen LogP) is 3.27. The Bertz CT molecular complexity index is 758. The number of nitrogens with zero attached hydrogens (tertiary/aromatic N) is 2. The SMILES string of the molecule is O=C(I)CCC(=O)NCCCC(=O)NC1=NN(c2ccc(Cl)c(Cl)c2)CC1. The molecule has 1 aromatic carbocycles. The number of carbonyl (C=O) groups excluding carboxylic acids is 3. The Morgan fingerprint density at radius 2 is 1.89 bits per heavy atom. The third-order valence-corrected chi connectivity index (χ3v) is 5.02. The van der Waals surface area contributed by atoms with Gasteiger partial charge in [-0.1, -0.05) is 23.2 Å². The van der Waals surface area contributed by atoms with Crippen LogP contribution in [0.2, 0.25) is 10.0 Å². The first-order chi connectivity index (χ1) is 12.8. The maximum Gasteiger partial charge on any atom is 0.225 e. The molecule has 0 atom stereocenters. The smallest absolute Gasteiger partial charge is 0.225 e. The topological polar surface area (TPSA) is 90.9 Å². The molecule has 2 amide bonds. The van der Waals surface area contributed by atoms with Crippen molar-refractivity contribution in [3.63, 3.8) is 0 Å². The van der Waals surface area contributed by atoms with Gasteiger partial charge >= 0.3 is 0 Å². The zero-order chi connectivity index (χ0) is 19.8. The van der Waals surface area contributed by atoms with Crippen LogP contribution in [0.5, 0.6) is 0 Å².